The molecule has 0 aliphatic rings. The second kappa shape index (κ2) is 5.81. The molecule has 0 radical (unpaired) electrons. The van der Waals surface area contributed by atoms with Gasteiger partial charge in [-0.15, -0.1) is 5.10 Å². The molecule has 4 rings (SSSR count). The second-order valence-electron chi connectivity index (χ2n) is 5.06. The van der Waals surface area contributed by atoms with Crippen LogP contribution in [-0.4, -0.2) is 34.6 Å². The Hall–Kier alpha value is -2.74. The number of imidazole rings is 1. The van der Waals surface area contributed by atoms with E-state index in [0.717, 1.165) is 16.5 Å². The molecule has 3 heterocycles. The van der Waals surface area contributed by atoms with Crippen LogP contribution in [0.5, 0.6) is 0 Å². The van der Waals surface area contributed by atoms with Crippen molar-refractivity contribution in [1.29, 1.82) is 0 Å². The number of rotatable bonds is 4. The zero-order chi connectivity index (χ0) is 15.6. The summed E-state index contributed by atoms with van der Waals surface area (Å²) in [6.07, 6.45) is 5.63. The topological polar surface area (TPSA) is 73.8 Å². The highest BCUT2D eigenvalue weighted by Gasteiger charge is 2.10. The van der Waals surface area contributed by atoms with E-state index in [2.05, 4.69) is 32.4 Å². The summed E-state index contributed by atoms with van der Waals surface area (Å²) in [6.45, 7) is 2.05. The first-order valence-corrected chi connectivity index (χ1v) is 8.05. The van der Waals surface area contributed by atoms with Crippen molar-refractivity contribution < 1.29 is 0 Å². The van der Waals surface area contributed by atoms with Crippen LogP contribution in [0.3, 0.4) is 0 Å². The highest BCUT2D eigenvalue weighted by Crippen LogP contribution is 2.22. The predicted octanol–water partition coefficient (Wildman–Crippen LogP) is 2.31. The molecule has 0 atom stereocenters. The van der Waals surface area contributed by atoms with Crippen molar-refractivity contribution in [1.82, 2.24) is 34.6 Å². The third-order valence-corrected chi connectivity index (χ3v) is 4.31. The molecule has 0 aliphatic carbocycles. The summed E-state index contributed by atoms with van der Waals surface area (Å²) in [5.41, 5.74) is 3.08. The Morgan fingerprint density at radius 2 is 2.04 bits per heavy atom. The van der Waals surface area contributed by atoms with Crippen molar-refractivity contribution >= 4 is 17.5 Å². The lowest BCUT2D eigenvalue weighted by molar-refractivity contribution is 0.756. The molecule has 114 valence electrons. The minimum absolute atomic E-state index is 0.676. The summed E-state index contributed by atoms with van der Waals surface area (Å²) in [5, 5.41) is 12.7. The number of nitrogens with zero attached hydrogens (tertiary/aromatic N) is 7. The van der Waals surface area contributed by atoms with Gasteiger partial charge in [-0.2, -0.15) is 4.68 Å². The normalized spacial score (nSPS) is 11.2. The summed E-state index contributed by atoms with van der Waals surface area (Å²) in [4.78, 5) is 8.70. The Balaban J connectivity index is 1.55. The van der Waals surface area contributed by atoms with Gasteiger partial charge < -0.3 is 0 Å². The first-order valence-electron chi connectivity index (χ1n) is 7.06. The molecule has 0 amide bonds. The molecule has 0 aliphatic heterocycles. The Labute approximate surface area is 136 Å². The molecule has 7 nitrogen and oxygen atoms in total. The van der Waals surface area contributed by atoms with Gasteiger partial charge in [0, 0.05) is 24.3 Å². The SMILES string of the molecule is Cc1ccc(-n2nnnc2SCc2cn3cccnc3n2)cc1. The van der Waals surface area contributed by atoms with Gasteiger partial charge in [0.15, 0.2) is 0 Å². The molecule has 0 spiro atoms. The van der Waals surface area contributed by atoms with Gasteiger partial charge in [0.1, 0.15) is 0 Å². The van der Waals surface area contributed by atoms with Crippen LogP contribution >= 0.6 is 11.8 Å². The van der Waals surface area contributed by atoms with Gasteiger partial charge in [0.05, 0.1) is 11.4 Å². The van der Waals surface area contributed by atoms with Crippen LogP contribution < -0.4 is 0 Å². The van der Waals surface area contributed by atoms with E-state index in [-0.39, 0.29) is 0 Å². The molecule has 3 aromatic heterocycles. The fraction of sp³-hybridized carbons (Fsp3) is 0.133. The fourth-order valence-electron chi connectivity index (χ4n) is 2.20. The van der Waals surface area contributed by atoms with Crippen molar-refractivity contribution in [3.05, 3.63) is 60.2 Å². The summed E-state index contributed by atoms with van der Waals surface area (Å²) >= 11 is 1.54. The van der Waals surface area contributed by atoms with E-state index in [1.807, 2.05) is 47.1 Å². The highest BCUT2D eigenvalue weighted by molar-refractivity contribution is 7.98. The number of thioether (sulfide) groups is 1. The zero-order valence-corrected chi connectivity index (χ0v) is 13.2. The van der Waals surface area contributed by atoms with Crippen molar-refractivity contribution in [3.8, 4) is 5.69 Å². The third kappa shape index (κ3) is 2.80. The Kier molecular flexibility index (Phi) is 3.51. The van der Waals surface area contributed by atoms with Gasteiger partial charge in [-0.1, -0.05) is 29.5 Å². The quantitative estimate of drug-likeness (QED) is 0.537. The Morgan fingerprint density at radius 1 is 1.17 bits per heavy atom. The molecule has 0 bridgehead atoms. The number of aryl methyl sites for hydroxylation is 1. The molecule has 8 heteroatoms. The molecule has 23 heavy (non-hydrogen) atoms. The fourth-order valence-corrected chi connectivity index (χ4v) is 2.98. The smallest absolute Gasteiger partial charge is 0.233 e. The minimum atomic E-state index is 0.676. The van der Waals surface area contributed by atoms with Gasteiger partial charge >= 0.3 is 0 Å². The van der Waals surface area contributed by atoms with Gasteiger partial charge in [-0.05, 0) is 35.5 Å². The summed E-state index contributed by atoms with van der Waals surface area (Å²) in [6, 6.07) is 9.97. The lowest BCUT2D eigenvalue weighted by atomic mass is 10.2. The molecule has 1 aromatic carbocycles. The molecular weight excluding hydrogens is 310 g/mol. The predicted molar refractivity (Wildman–Crippen MR) is 86.4 cm³/mol. The summed E-state index contributed by atoms with van der Waals surface area (Å²) in [5.74, 6) is 1.37. The molecule has 0 unspecified atom stereocenters. The maximum Gasteiger partial charge on any atom is 0.233 e. The number of benzene rings is 1. The van der Waals surface area contributed by atoms with Crippen LogP contribution in [0.1, 0.15) is 11.3 Å². The molecule has 4 aromatic rings. The van der Waals surface area contributed by atoms with Gasteiger partial charge in [0.2, 0.25) is 10.9 Å². The average Bonchev–Trinajstić information content (AvgIpc) is 3.19. The maximum atomic E-state index is 4.48. The van der Waals surface area contributed by atoms with Crippen LogP contribution in [-0.2, 0) is 5.75 Å². The largest absolute Gasteiger partial charge is 0.291 e. The summed E-state index contributed by atoms with van der Waals surface area (Å²) in [7, 11) is 0. The van der Waals surface area contributed by atoms with Gasteiger partial charge in [0.25, 0.3) is 0 Å². The second-order valence-corrected chi connectivity index (χ2v) is 6.00. The lowest BCUT2D eigenvalue weighted by Gasteiger charge is -2.03. The van der Waals surface area contributed by atoms with E-state index in [1.54, 1.807) is 22.6 Å². The number of hydrogen-bond donors (Lipinski definition) is 0. The number of tetrazole rings is 1. The van der Waals surface area contributed by atoms with Crippen molar-refractivity contribution in [3.63, 3.8) is 0 Å². The van der Waals surface area contributed by atoms with Crippen LogP contribution in [0, 0.1) is 6.92 Å². The van der Waals surface area contributed by atoms with E-state index in [9.17, 15) is 0 Å². The third-order valence-electron chi connectivity index (χ3n) is 3.35. The summed E-state index contributed by atoms with van der Waals surface area (Å²) < 4.78 is 3.64. The first kappa shape index (κ1) is 13.9. The van der Waals surface area contributed by atoms with Crippen LogP contribution in [0.4, 0.5) is 0 Å². The standard InChI is InChI=1S/C15H13N7S/c1-11-3-5-13(6-4-11)22-15(18-19-20-22)23-10-12-9-21-8-2-7-16-14(21)17-12/h2-9H,10H2,1H3. The molecule has 0 fully saturated rings. The monoisotopic (exact) mass is 323 g/mol. The minimum Gasteiger partial charge on any atom is -0.291 e. The molecule has 0 saturated carbocycles. The van der Waals surface area contributed by atoms with E-state index in [4.69, 9.17) is 0 Å². The first-order chi connectivity index (χ1) is 11.3. The Bertz CT molecular complexity index is 909. The maximum absolute atomic E-state index is 4.48. The van der Waals surface area contributed by atoms with Crippen LogP contribution in [0.15, 0.2) is 54.1 Å². The van der Waals surface area contributed by atoms with E-state index in [0.29, 0.717) is 11.5 Å². The average molecular weight is 323 g/mol. The van der Waals surface area contributed by atoms with E-state index >= 15 is 0 Å². The highest BCUT2D eigenvalue weighted by atomic mass is 32.2. The molecule has 0 saturated heterocycles. The van der Waals surface area contributed by atoms with Crippen LogP contribution in [0.25, 0.3) is 11.5 Å². The lowest BCUT2D eigenvalue weighted by Crippen LogP contribution is -1.99. The zero-order valence-electron chi connectivity index (χ0n) is 12.4. The van der Waals surface area contributed by atoms with E-state index < -0.39 is 0 Å². The van der Waals surface area contributed by atoms with Gasteiger partial charge in [-0.25, -0.2) is 9.97 Å². The van der Waals surface area contributed by atoms with Crippen molar-refractivity contribution in [2.45, 2.75) is 17.8 Å². The van der Waals surface area contributed by atoms with Crippen LogP contribution in [0.2, 0.25) is 0 Å². The number of hydrogen-bond acceptors (Lipinski definition) is 6. The van der Waals surface area contributed by atoms with Gasteiger partial charge in [-0.3, -0.25) is 4.40 Å². The Morgan fingerprint density at radius 3 is 2.87 bits per heavy atom. The number of aromatic nitrogens is 7. The van der Waals surface area contributed by atoms with Crippen molar-refractivity contribution in [2.24, 2.45) is 0 Å². The number of fused-ring (bicyclic) bond motifs is 1. The van der Waals surface area contributed by atoms with E-state index in [1.165, 1.54) is 5.56 Å². The molecule has 0 N–H and O–H groups in total. The van der Waals surface area contributed by atoms with Crippen molar-refractivity contribution in [2.75, 3.05) is 0 Å². The molecular formula is C15H13N7S.